The number of hydrogen-bond donors (Lipinski definition) is 0. The van der Waals surface area contributed by atoms with Crippen LogP contribution < -0.4 is 0 Å². The van der Waals surface area contributed by atoms with Gasteiger partial charge in [0.25, 0.3) is 5.91 Å². The van der Waals surface area contributed by atoms with E-state index in [9.17, 15) is 9.59 Å². The van der Waals surface area contributed by atoms with Crippen molar-refractivity contribution in [3.63, 3.8) is 0 Å². The number of benzene rings is 1. The topological polar surface area (TPSA) is 53.5 Å². The van der Waals surface area contributed by atoms with E-state index in [-0.39, 0.29) is 17.9 Å². The lowest BCUT2D eigenvalue weighted by atomic mass is 9.84. The third-order valence-corrected chi connectivity index (χ3v) is 6.56. The maximum atomic E-state index is 13.2. The third kappa shape index (κ3) is 2.99. The largest absolute Gasteiger partial charge is 0.340 e. The number of pyridine rings is 1. The predicted molar refractivity (Wildman–Crippen MR) is 103 cm³/mol. The zero-order valence-corrected chi connectivity index (χ0v) is 15.5. The van der Waals surface area contributed by atoms with Crippen LogP contribution in [0, 0.1) is 11.8 Å². The molecule has 1 saturated carbocycles. The van der Waals surface area contributed by atoms with Crippen molar-refractivity contribution < 1.29 is 9.59 Å². The summed E-state index contributed by atoms with van der Waals surface area (Å²) in [6.07, 6.45) is 5.34. The van der Waals surface area contributed by atoms with E-state index in [1.54, 1.807) is 0 Å². The van der Waals surface area contributed by atoms with E-state index >= 15 is 0 Å². The quantitative estimate of drug-likeness (QED) is 0.824. The molecule has 0 radical (unpaired) electrons. The summed E-state index contributed by atoms with van der Waals surface area (Å²) in [4.78, 5) is 34.6. The van der Waals surface area contributed by atoms with Crippen molar-refractivity contribution in [2.45, 2.75) is 38.1 Å². The van der Waals surface area contributed by atoms with E-state index in [4.69, 9.17) is 0 Å². The number of para-hydroxylation sites is 1. The van der Waals surface area contributed by atoms with E-state index in [0.29, 0.717) is 24.1 Å². The second kappa shape index (κ2) is 6.63. The summed E-state index contributed by atoms with van der Waals surface area (Å²) in [5.41, 5.74) is 1.36. The lowest BCUT2D eigenvalue weighted by Gasteiger charge is -2.36. The van der Waals surface area contributed by atoms with Crippen LogP contribution >= 0.6 is 0 Å². The van der Waals surface area contributed by atoms with E-state index in [0.717, 1.165) is 49.7 Å². The summed E-state index contributed by atoms with van der Waals surface area (Å²) >= 11 is 0. The van der Waals surface area contributed by atoms with Gasteiger partial charge in [0.1, 0.15) is 5.69 Å². The molecule has 2 atom stereocenters. The minimum Gasteiger partial charge on any atom is -0.340 e. The summed E-state index contributed by atoms with van der Waals surface area (Å²) in [6.45, 7) is 2.23. The standard InChI is InChI=1S/C22H25N3O2/c26-21(17-5-3-6-17)24-12-15-8-10-18(14-24)25(13-15)22(27)20-11-9-16-4-1-2-7-19(16)23-20/h1-2,4,7,9,11,15,17-18H,3,5-6,8,10,12-14H2/t15-,18+/m0/s1. The number of fused-ring (bicyclic) bond motifs is 5. The number of hydrogen-bond acceptors (Lipinski definition) is 3. The molecule has 4 fully saturated rings. The number of amides is 2. The molecule has 4 aliphatic rings. The molecular weight excluding hydrogens is 338 g/mol. The van der Waals surface area contributed by atoms with Crippen LogP contribution in [-0.2, 0) is 4.79 Å². The molecule has 5 heteroatoms. The number of carbonyl (C=O) groups is 2. The molecule has 2 amide bonds. The first kappa shape index (κ1) is 16.7. The van der Waals surface area contributed by atoms with Gasteiger partial charge in [0, 0.05) is 37.0 Å². The van der Waals surface area contributed by atoms with Crippen LogP contribution in [0.5, 0.6) is 0 Å². The van der Waals surface area contributed by atoms with Crippen molar-refractivity contribution in [2.24, 2.45) is 11.8 Å². The summed E-state index contributed by atoms with van der Waals surface area (Å²) in [5, 5.41) is 1.05. The smallest absolute Gasteiger partial charge is 0.272 e. The lowest BCUT2D eigenvalue weighted by molar-refractivity contribution is -0.138. The molecule has 0 spiro atoms. The van der Waals surface area contributed by atoms with Gasteiger partial charge in [0.2, 0.25) is 5.91 Å². The van der Waals surface area contributed by atoms with Gasteiger partial charge in [-0.2, -0.15) is 0 Å². The summed E-state index contributed by atoms with van der Waals surface area (Å²) in [7, 11) is 0. The highest BCUT2D eigenvalue weighted by atomic mass is 16.2. The predicted octanol–water partition coefficient (Wildman–Crippen LogP) is 3.10. The number of carbonyl (C=O) groups excluding carboxylic acids is 2. The van der Waals surface area contributed by atoms with Gasteiger partial charge in [-0.05, 0) is 43.7 Å². The maximum absolute atomic E-state index is 13.2. The minimum atomic E-state index is 0.00777. The number of piperidine rings is 1. The lowest BCUT2D eigenvalue weighted by Crippen LogP contribution is -2.48. The fraction of sp³-hybridized carbons (Fsp3) is 0.500. The molecule has 140 valence electrons. The first-order valence-electron chi connectivity index (χ1n) is 10.1. The molecule has 3 aliphatic heterocycles. The zero-order chi connectivity index (χ0) is 18.4. The number of nitrogens with zero attached hydrogens (tertiary/aromatic N) is 3. The zero-order valence-electron chi connectivity index (χ0n) is 15.5. The van der Waals surface area contributed by atoms with Crippen LogP contribution in [0.1, 0.15) is 42.6 Å². The van der Waals surface area contributed by atoms with Crippen LogP contribution in [0.3, 0.4) is 0 Å². The van der Waals surface area contributed by atoms with Gasteiger partial charge in [-0.1, -0.05) is 30.7 Å². The van der Waals surface area contributed by atoms with Crippen LogP contribution in [0.25, 0.3) is 10.9 Å². The molecule has 1 aliphatic carbocycles. The van der Waals surface area contributed by atoms with Crippen molar-refractivity contribution in [1.29, 1.82) is 0 Å². The normalized spacial score (nSPS) is 25.3. The van der Waals surface area contributed by atoms with Crippen LogP contribution in [0.4, 0.5) is 0 Å². The molecule has 0 N–H and O–H groups in total. The summed E-state index contributed by atoms with van der Waals surface area (Å²) < 4.78 is 0. The maximum Gasteiger partial charge on any atom is 0.272 e. The van der Waals surface area contributed by atoms with Gasteiger partial charge in [-0.25, -0.2) is 4.98 Å². The average molecular weight is 363 g/mol. The van der Waals surface area contributed by atoms with Gasteiger partial charge in [0.05, 0.1) is 5.52 Å². The van der Waals surface area contributed by atoms with E-state index in [1.807, 2.05) is 46.2 Å². The van der Waals surface area contributed by atoms with Crippen LogP contribution in [0.15, 0.2) is 36.4 Å². The van der Waals surface area contributed by atoms with Gasteiger partial charge < -0.3 is 9.80 Å². The van der Waals surface area contributed by atoms with E-state index < -0.39 is 0 Å². The highest BCUT2D eigenvalue weighted by Gasteiger charge is 2.41. The second-order valence-electron chi connectivity index (χ2n) is 8.31. The molecule has 5 nitrogen and oxygen atoms in total. The Morgan fingerprint density at radius 3 is 2.59 bits per heavy atom. The Morgan fingerprint density at radius 2 is 1.78 bits per heavy atom. The van der Waals surface area contributed by atoms with E-state index in [1.165, 1.54) is 6.42 Å². The van der Waals surface area contributed by atoms with E-state index in [2.05, 4.69) is 4.98 Å². The van der Waals surface area contributed by atoms with Crippen molar-refractivity contribution in [3.8, 4) is 0 Å². The molecule has 4 heterocycles. The Labute approximate surface area is 159 Å². The molecular formula is C22H25N3O2. The third-order valence-electron chi connectivity index (χ3n) is 6.56. The molecule has 1 aromatic carbocycles. The first-order chi connectivity index (χ1) is 13.2. The molecule has 2 aromatic rings. The Hall–Kier alpha value is -2.43. The molecule has 1 aromatic heterocycles. The molecule has 3 saturated heterocycles. The summed E-state index contributed by atoms with van der Waals surface area (Å²) in [5.74, 6) is 0.940. The molecule has 27 heavy (non-hydrogen) atoms. The molecule has 2 bridgehead atoms. The van der Waals surface area contributed by atoms with Crippen molar-refractivity contribution in [1.82, 2.24) is 14.8 Å². The monoisotopic (exact) mass is 363 g/mol. The van der Waals surface area contributed by atoms with Gasteiger partial charge in [-0.15, -0.1) is 0 Å². The van der Waals surface area contributed by atoms with Crippen molar-refractivity contribution >= 4 is 22.7 Å². The highest BCUT2D eigenvalue weighted by Crippen LogP contribution is 2.33. The fourth-order valence-electron chi connectivity index (χ4n) is 4.76. The highest BCUT2D eigenvalue weighted by molar-refractivity contribution is 5.95. The SMILES string of the molecule is O=C(C1CCC1)N1C[C@@H]2CC[C@H](C1)N(C(=O)c1ccc3ccccc3n1)C2. The Bertz CT molecular complexity index is 892. The van der Waals surface area contributed by atoms with Gasteiger partial charge >= 0.3 is 0 Å². The Balaban J connectivity index is 1.38. The van der Waals surface area contributed by atoms with Crippen molar-refractivity contribution in [3.05, 3.63) is 42.1 Å². The second-order valence-corrected chi connectivity index (χ2v) is 8.31. The first-order valence-corrected chi connectivity index (χ1v) is 10.1. The Kier molecular flexibility index (Phi) is 4.10. The van der Waals surface area contributed by atoms with Crippen LogP contribution in [0.2, 0.25) is 0 Å². The van der Waals surface area contributed by atoms with Gasteiger partial charge in [-0.3, -0.25) is 9.59 Å². The minimum absolute atomic E-state index is 0.00777. The summed E-state index contributed by atoms with van der Waals surface area (Å²) in [6, 6.07) is 11.8. The average Bonchev–Trinajstić information content (AvgIpc) is 2.98. The van der Waals surface area contributed by atoms with Gasteiger partial charge in [0.15, 0.2) is 0 Å². The Morgan fingerprint density at radius 1 is 0.926 bits per heavy atom. The fourth-order valence-corrected chi connectivity index (χ4v) is 4.76. The molecule has 0 unspecified atom stereocenters. The van der Waals surface area contributed by atoms with Crippen LogP contribution in [-0.4, -0.2) is 52.3 Å². The van der Waals surface area contributed by atoms with Crippen molar-refractivity contribution in [2.75, 3.05) is 19.6 Å². The number of rotatable bonds is 2. The number of aromatic nitrogens is 1. The molecule has 6 rings (SSSR count).